The molecule has 128 valence electrons. The van der Waals surface area contributed by atoms with Crippen molar-refractivity contribution in [1.82, 2.24) is 19.4 Å². The number of hydrogen-bond acceptors (Lipinski definition) is 3. The van der Waals surface area contributed by atoms with Crippen LogP contribution in [0.2, 0.25) is 0 Å². The summed E-state index contributed by atoms with van der Waals surface area (Å²) in [4.78, 5) is 33.6. The molecule has 0 atom stereocenters. The molecule has 0 bridgehead atoms. The Morgan fingerprint density at radius 1 is 1.20 bits per heavy atom. The quantitative estimate of drug-likeness (QED) is 0.797. The first-order valence-electron chi connectivity index (χ1n) is 8.57. The fourth-order valence-corrected chi connectivity index (χ4v) is 3.48. The molecule has 0 spiro atoms. The van der Waals surface area contributed by atoms with Crippen LogP contribution in [0, 0.1) is 5.92 Å². The van der Waals surface area contributed by atoms with Crippen molar-refractivity contribution in [3.05, 3.63) is 65.0 Å². The van der Waals surface area contributed by atoms with E-state index >= 15 is 0 Å². The van der Waals surface area contributed by atoms with Crippen molar-refractivity contribution in [2.45, 2.75) is 19.4 Å². The minimum atomic E-state index is -0.0201. The molecule has 2 aromatic heterocycles. The number of likely N-dealkylation sites (tertiary alicyclic amines) is 1. The summed E-state index contributed by atoms with van der Waals surface area (Å²) in [5, 5.41) is 1.05. The molecular formula is C19H20N4O2. The average molecular weight is 336 g/mol. The van der Waals surface area contributed by atoms with Gasteiger partial charge in [-0.15, -0.1) is 0 Å². The molecular weight excluding hydrogens is 316 g/mol. The van der Waals surface area contributed by atoms with Crippen molar-refractivity contribution in [2.24, 2.45) is 5.92 Å². The van der Waals surface area contributed by atoms with Gasteiger partial charge in [0.05, 0.1) is 6.33 Å². The smallest absolute Gasteiger partial charge is 0.253 e. The lowest BCUT2D eigenvalue weighted by atomic mass is 9.96. The molecule has 3 aromatic rings. The Labute approximate surface area is 145 Å². The molecule has 1 amide bonds. The number of amides is 1. The van der Waals surface area contributed by atoms with Crippen LogP contribution in [0.25, 0.3) is 10.9 Å². The zero-order chi connectivity index (χ0) is 17.2. The number of benzene rings is 1. The molecule has 0 aliphatic carbocycles. The van der Waals surface area contributed by atoms with Gasteiger partial charge in [-0.1, -0.05) is 0 Å². The fraction of sp³-hybridized carbons (Fsp3) is 0.316. The van der Waals surface area contributed by atoms with Crippen molar-refractivity contribution >= 4 is 16.8 Å². The largest absolute Gasteiger partial charge is 0.361 e. The number of nitrogens with zero attached hydrogens (tertiary/aromatic N) is 3. The third-order valence-corrected chi connectivity index (χ3v) is 4.95. The zero-order valence-corrected chi connectivity index (χ0v) is 13.9. The third-order valence-electron chi connectivity index (χ3n) is 4.95. The van der Waals surface area contributed by atoms with Crippen LogP contribution in [0.3, 0.4) is 0 Å². The second-order valence-electron chi connectivity index (χ2n) is 6.59. The number of piperidine rings is 1. The maximum absolute atomic E-state index is 12.7. The molecule has 1 aliphatic heterocycles. The van der Waals surface area contributed by atoms with Crippen molar-refractivity contribution in [3.8, 4) is 0 Å². The van der Waals surface area contributed by atoms with E-state index in [9.17, 15) is 9.59 Å². The van der Waals surface area contributed by atoms with Crippen LogP contribution < -0.4 is 5.56 Å². The minimum absolute atomic E-state index is 0.0201. The number of aromatic nitrogens is 3. The minimum Gasteiger partial charge on any atom is -0.361 e. The SMILES string of the molecule is O=C(c1ccc2[nH]ccc2c1)N1CCC(Cn2cnccc2=O)CC1. The number of carbonyl (C=O) groups excluding carboxylic acids is 1. The highest BCUT2D eigenvalue weighted by molar-refractivity contribution is 5.98. The van der Waals surface area contributed by atoms with E-state index in [1.165, 1.54) is 12.3 Å². The molecule has 1 saturated heterocycles. The van der Waals surface area contributed by atoms with E-state index in [0.29, 0.717) is 12.5 Å². The third kappa shape index (κ3) is 3.20. The van der Waals surface area contributed by atoms with E-state index in [-0.39, 0.29) is 11.5 Å². The number of fused-ring (bicyclic) bond motifs is 1. The lowest BCUT2D eigenvalue weighted by molar-refractivity contribution is 0.0682. The first-order chi connectivity index (χ1) is 12.2. The van der Waals surface area contributed by atoms with Gasteiger partial charge in [0.25, 0.3) is 11.5 Å². The first kappa shape index (κ1) is 15.6. The van der Waals surface area contributed by atoms with E-state index in [1.807, 2.05) is 35.4 Å². The van der Waals surface area contributed by atoms with E-state index in [2.05, 4.69) is 9.97 Å². The summed E-state index contributed by atoms with van der Waals surface area (Å²) in [6, 6.07) is 9.22. The maximum Gasteiger partial charge on any atom is 0.253 e. The van der Waals surface area contributed by atoms with Gasteiger partial charge < -0.3 is 9.88 Å². The molecule has 0 saturated carbocycles. The molecule has 3 heterocycles. The van der Waals surface area contributed by atoms with Gasteiger partial charge in [0.2, 0.25) is 0 Å². The van der Waals surface area contributed by atoms with Crippen LogP contribution in [0.4, 0.5) is 0 Å². The van der Waals surface area contributed by atoms with Gasteiger partial charge in [0.15, 0.2) is 0 Å². The summed E-state index contributed by atoms with van der Waals surface area (Å²) >= 11 is 0. The van der Waals surface area contributed by atoms with Gasteiger partial charge in [0, 0.05) is 54.6 Å². The van der Waals surface area contributed by atoms with E-state index in [0.717, 1.165) is 42.4 Å². The van der Waals surface area contributed by atoms with Crippen LogP contribution >= 0.6 is 0 Å². The molecule has 1 aromatic carbocycles. The Bertz CT molecular complexity index is 951. The normalized spacial score (nSPS) is 15.6. The highest BCUT2D eigenvalue weighted by atomic mass is 16.2. The van der Waals surface area contributed by atoms with Crippen LogP contribution in [0.15, 0.2) is 53.8 Å². The van der Waals surface area contributed by atoms with E-state index in [4.69, 9.17) is 0 Å². The molecule has 0 unspecified atom stereocenters. The lowest BCUT2D eigenvalue weighted by Gasteiger charge is -2.32. The van der Waals surface area contributed by atoms with Crippen molar-refractivity contribution in [3.63, 3.8) is 0 Å². The van der Waals surface area contributed by atoms with Gasteiger partial charge in [-0.2, -0.15) is 0 Å². The molecule has 0 radical (unpaired) electrons. The number of aromatic amines is 1. The van der Waals surface area contributed by atoms with Crippen LogP contribution in [-0.4, -0.2) is 38.4 Å². The average Bonchev–Trinajstić information content (AvgIpc) is 3.11. The molecule has 1 fully saturated rings. The number of carbonyl (C=O) groups is 1. The first-order valence-corrected chi connectivity index (χ1v) is 8.57. The number of nitrogens with one attached hydrogen (secondary N) is 1. The van der Waals surface area contributed by atoms with E-state index in [1.54, 1.807) is 10.9 Å². The summed E-state index contributed by atoms with van der Waals surface area (Å²) in [5.74, 6) is 0.484. The zero-order valence-electron chi connectivity index (χ0n) is 13.9. The van der Waals surface area contributed by atoms with Crippen molar-refractivity contribution in [2.75, 3.05) is 13.1 Å². The van der Waals surface area contributed by atoms with Gasteiger partial charge in [-0.25, -0.2) is 4.98 Å². The Hall–Kier alpha value is -2.89. The Morgan fingerprint density at radius 3 is 2.84 bits per heavy atom. The Morgan fingerprint density at radius 2 is 2.04 bits per heavy atom. The lowest BCUT2D eigenvalue weighted by Crippen LogP contribution is -2.40. The van der Waals surface area contributed by atoms with Gasteiger partial charge >= 0.3 is 0 Å². The van der Waals surface area contributed by atoms with Crippen LogP contribution in [-0.2, 0) is 6.54 Å². The summed E-state index contributed by atoms with van der Waals surface area (Å²) in [5.41, 5.74) is 1.75. The molecule has 1 N–H and O–H groups in total. The maximum atomic E-state index is 12.7. The van der Waals surface area contributed by atoms with Crippen LogP contribution in [0.5, 0.6) is 0 Å². The molecule has 6 heteroatoms. The monoisotopic (exact) mass is 336 g/mol. The summed E-state index contributed by atoms with van der Waals surface area (Å²) in [7, 11) is 0. The summed E-state index contributed by atoms with van der Waals surface area (Å²) in [6.07, 6.45) is 6.79. The fourth-order valence-electron chi connectivity index (χ4n) is 3.48. The number of hydrogen-bond donors (Lipinski definition) is 1. The number of rotatable bonds is 3. The second kappa shape index (κ2) is 6.55. The standard InChI is InChI=1S/C19H20N4O2/c24-18-4-7-20-13-23(18)12-14-5-9-22(10-6-14)19(25)16-1-2-17-15(11-16)3-8-21-17/h1-4,7-8,11,13-14,21H,5-6,9-10,12H2. The predicted octanol–water partition coefficient (Wildman–Crippen LogP) is 2.28. The predicted molar refractivity (Wildman–Crippen MR) is 95.4 cm³/mol. The summed E-state index contributed by atoms with van der Waals surface area (Å²) in [6.45, 7) is 2.12. The number of H-pyrrole nitrogens is 1. The Kier molecular flexibility index (Phi) is 4.09. The Balaban J connectivity index is 1.40. The molecule has 6 nitrogen and oxygen atoms in total. The second-order valence-corrected chi connectivity index (χ2v) is 6.59. The van der Waals surface area contributed by atoms with Crippen molar-refractivity contribution < 1.29 is 4.79 Å². The van der Waals surface area contributed by atoms with Crippen LogP contribution in [0.1, 0.15) is 23.2 Å². The highest BCUT2D eigenvalue weighted by Gasteiger charge is 2.24. The van der Waals surface area contributed by atoms with Gasteiger partial charge in [-0.05, 0) is 43.0 Å². The molecule has 25 heavy (non-hydrogen) atoms. The molecule has 1 aliphatic rings. The summed E-state index contributed by atoms with van der Waals surface area (Å²) < 4.78 is 1.65. The topological polar surface area (TPSA) is 71.0 Å². The highest BCUT2D eigenvalue weighted by Crippen LogP contribution is 2.21. The van der Waals surface area contributed by atoms with Gasteiger partial charge in [-0.3, -0.25) is 14.2 Å². The molecule has 4 rings (SSSR count). The van der Waals surface area contributed by atoms with E-state index < -0.39 is 0 Å². The van der Waals surface area contributed by atoms with Gasteiger partial charge in [0.1, 0.15) is 0 Å². The van der Waals surface area contributed by atoms with Crippen molar-refractivity contribution in [1.29, 1.82) is 0 Å².